The predicted octanol–water partition coefficient (Wildman–Crippen LogP) is 2.30. The summed E-state index contributed by atoms with van der Waals surface area (Å²) in [6, 6.07) is 3.01. The smallest absolute Gasteiger partial charge is 0.341 e. The number of halogens is 2. The molecule has 6 heteroatoms. The fourth-order valence-corrected chi connectivity index (χ4v) is 1.40. The minimum absolute atomic E-state index is 0.111. The standard InChI is InChI=1S/C13H11F2O3S/c1-3-4-17-9-7-10(12(15)11(14)8-9)13(16)18-5-6-19-2/h1,7H,4-6H2,2H3. The fourth-order valence-electron chi connectivity index (χ4n) is 1.15. The van der Waals surface area contributed by atoms with Gasteiger partial charge >= 0.3 is 5.97 Å². The molecular formula is C13H11F2O3S. The highest BCUT2D eigenvalue weighted by Gasteiger charge is 2.19. The average Bonchev–Trinajstić information content (AvgIpc) is 2.40. The molecule has 0 amide bonds. The molecule has 1 radical (unpaired) electrons. The van der Waals surface area contributed by atoms with Crippen molar-refractivity contribution in [2.45, 2.75) is 0 Å². The Labute approximate surface area is 114 Å². The first-order valence-electron chi connectivity index (χ1n) is 5.23. The molecule has 0 aromatic heterocycles. The molecule has 101 valence electrons. The molecule has 0 saturated heterocycles. The fraction of sp³-hybridized carbons (Fsp3) is 0.308. The lowest BCUT2D eigenvalue weighted by Crippen LogP contribution is -2.11. The van der Waals surface area contributed by atoms with Crippen LogP contribution in [0.5, 0.6) is 5.75 Å². The highest BCUT2D eigenvalue weighted by molar-refractivity contribution is 7.98. The van der Waals surface area contributed by atoms with Crippen LogP contribution in [0.25, 0.3) is 0 Å². The average molecular weight is 285 g/mol. The summed E-state index contributed by atoms with van der Waals surface area (Å²) >= 11 is 1.46. The molecule has 0 saturated carbocycles. The van der Waals surface area contributed by atoms with Crippen molar-refractivity contribution in [1.29, 1.82) is 0 Å². The number of esters is 1. The van der Waals surface area contributed by atoms with Crippen LogP contribution in [0.2, 0.25) is 0 Å². The summed E-state index contributed by atoms with van der Waals surface area (Å²) in [4.78, 5) is 11.6. The SMILES string of the molecule is C#CCOc1[c]c(F)c(F)c(C(=O)OCCSC)c1. The molecular weight excluding hydrogens is 274 g/mol. The summed E-state index contributed by atoms with van der Waals surface area (Å²) in [7, 11) is 0. The van der Waals surface area contributed by atoms with Crippen molar-refractivity contribution in [1.82, 2.24) is 0 Å². The number of carbonyl (C=O) groups excluding carboxylic acids is 1. The lowest BCUT2D eigenvalue weighted by Gasteiger charge is -2.08. The topological polar surface area (TPSA) is 35.5 Å². The quantitative estimate of drug-likeness (QED) is 0.456. The Balaban J connectivity index is 2.89. The third-order valence-electron chi connectivity index (χ3n) is 1.99. The third kappa shape index (κ3) is 4.45. The Morgan fingerprint density at radius 2 is 2.32 bits per heavy atom. The monoisotopic (exact) mass is 285 g/mol. The van der Waals surface area contributed by atoms with Gasteiger partial charge in [0.1, 0.15) is 24.5 Å². The van der Waals surface area contributed by atoms with Gasteiger partial charge in [-0.05, 0) is 12.3 Å². The number of terminal acetylenes is 1. The van der Waals surface area contributed by atoms with Gasteiger partial charge in [-0.15, -0.1) is 6.42 Å². The van der Waals surface area contributed by atoms with E-state index in [1.165, 1.54) is 11.8 Å². The van der Waals surface area contributed by atoms with Gasteiger partial charge in [0.05, 0.1) is 6.07 Å². The van der Waals surface area contributed by atoms with E-state index in [0.717, 1.165) is 6.07 Å². The molecule has 0 atom stereocenters. The van der Waals surface area contributed by atoms with Crippen LogP contribution < -0.4 is 4.74 Å². The summed E-state index contributed by atoms with van der Waals surface area (Å²) in [5.74, 6) is -1.00. The minimum Gasteiger partial charge on any atom is -0.480 e. The van der Waals surface area contributed by atoms with Gasteiger partial charge < -0.3 is 9.47 Å². The van der Waals surface area contributed by atoms with Crippen LogP contribution in [0.3, 0.4) is 0 Å². The normalized spacial score (nSPS) is 9.79. The first-order chi connectivity index (χ1) is 9.10. The molecule has 0 N–H and O–H groups in total. The second kappa shape index (κ2) is 7.64. The zero-order valence-electron chi connectivity index (χ0n) is 10.2. The highest BCUT2D eigenvalue weighted by Crippen LogP contribution is 2.20. The zero-order chi connectivity index (χ0) is 14.3. The van der Waals surface area contributed by atoms with Gasteiger partial charge in [0.25, 0.3) is 0 Å². The van der Waals surface area contributed by atoms with E-state index < -0.39 is 23.2 Å². The van der Waals surface area contributed by atoms with Gasteiger partial charge in [0, 0.05) is 5.75 Å². The van der Waals surface area contributed by atoms with Crippen molar-refractivity contribution in [2.75, 3.05) is 25.2 Å². The lowest BCUT2D eigenvalue weighted by atomic mass is 10.2. The van der Waals surface area contributed by atoms with E-state index in [1.807, 2.05) is 12.3 Å². The molecule has 0 spiro atoms. The van der Waals surface area contributed by atoms with Gasteiger partial charge in [-0.2, -0.15) is 11.8 Å². The Morgan fingerprint density at radius 3 is 2.95 bits per heavy atom. The molecule has 0 fully saturated rings. The second-order valence-electron chi connectivity index (χ2n) is 3.30. The Bertz CT molecular complexity index is 497. The maximum atomic E-state index is 13.5. The molecule has 0 heterocycles. The van der Waals surface area contributed by atoms with Crippen LogP contribution in [-0.2, 0) is 4.74 Å². The van der Waals surface area contributed by atoms with E-state index >= 15 is 0 Å². The van der Waals surface area contributed by atoms with Crippen LogP contribution in [-0.4, -0.2) is 31.2 Å². The van der Waals surface area contributed by atoms with Crippen molar-refractivity contribution in [2.24, 2.45) is 0 Å². The first kappa shape index (κ1) is 15.3. The summed E-state index contributed by atoms with van der Waals surface area (Å²) in [6.07, 6.45) is 6.80. The molecule has 3 nitrogen and oxygen atoms in total. The van der Waals surface area contributed by atoms with Crippen LogP contribution in [0.4, 0.5) is 8.78 Å². The van der Waals surface area contributed by atoms with Crippen molar-refractivity contribution in [3.8, 4) is 18.1 Å². The number of rotatable bonds is 6. The molecule has 0 aliphatic carbocycles. The number of hydrogen-bond donors (Lipinski definition) is 0. The minimum atomic E-state index is -1.32. The highest BCUT2D eigenvalue weighted by atomic mass is 32.2. The number of benzene rings is 1. The van der Waals surface area contributed by atoms with Crippen LogP contribution in [0.1, 0.15) is 10.4 Å². The molecule has 1 aromatic rings. The first-order valence-corrected chi connectivity index (χ1v) is 6.63. The maximum Gasteiger partial charge on any atom is 0.341 e. The summed E-state index contributed by atoms with van der Waals surface area (Å²) < 4.78 is 36.4. The second-order valence-corrected chi connectivity index (χ2v) is 4.28. The number of carbonyl (C=O) groups is 1. The van der Waals surface area contributed by atoms with Crippen LogP contribution in [0.15, 0.2) is 6.07 Å². The lowest BCUT2D eigenvalue weighted by molar-refractivity contribution is 0.0523. The summed E-state index contributed by atoms with van der Waals surface area (Å²) in [5, 5.41) is 0. The van der Waals surface area contributed by atoms with Gasteiger partial charge in [-0.3, -0.25) is 0 Å². The van der Waals surface area contributed by atoms with E-state index in [0.29, 0.717) is 5.75 Å². The molecule has 0 bridgehead atoms. The Kier molecular flexibility index (Phi) is 6.16. The van der Waals surface area contributed by atoms with Crippen molar-refractivity contribution >= 4 is 17.7 Å². The molecule has 19 heavy (non-hydrogen) atoms. The van der Waals surface area contributed by atoms with Crippen molar-refractivity contribution in [3.05, 3.63) is 29.3 Å². The van der Waals surface area contributed by atoms with E-state index in [-0.39, 0.29) is 19.0 Å². The van der Waals surface area contributed by atoms with Crippen molar-refractivity contribution < 1.29 is 23.0 Å². The molecule has 1 aromatic carbocycles. The third-order valence-corrected chi connectivity index (χ3v) is 2.56. The van der Waals surface area contributed by atoms with Gasteiger partial charge in [0.15, 0.2) is 11.6 Å². The Morgan fingerprint density at radius 1 is 1.58 bits per heavy atom. The molecule has 0 unspecified atom stereocenters. The molecule has 0 aliphatic rings. The van der Waals surface area contributed by atoms with E-state index in [1.54, 1.807) is 0 Å². The number of thioether (sulfide) groups is 1. The molecule has 0 aliphatic heterocycles. The van der Waals surface area contributed by atoms with Crippen LogP contribution in [0, 0.1) is 30.0 Å². The predicted molar refractivity (Wildman–Crippen MR) is 68.2 cm³/mol. The maximum absolute atomic E-state index is 13.5. The van der Waals surface area contributed by atoms with Gasteiger partial charge in [-0.25, -0.2) is 13.6 Å². The zero-order valence-corrected chi connectivity index (χ0v) is 11.0. The van der Waals surface area contributed by atoms with Crippen molar-refractivity contribution in [3.63, 3.8) is 0 Å². The number of hydrogen-bond acceptors (Lipinski definition) is 4. The molecule has 1 rings (SSSR count). The largest absolute Gasteiger partial charge is 0.480 e. The van der Waals surface area contributed by atoms with E-state index in [2.05, 4.69) is 5.92 Å². The van der Waals surface area contributed by atoms with Gasteiger partial charge in [0.2, 0.25) is 0 Å². The number of ether oxygens (including phenoxy) is 2. The van der Waals surface area contributed by atoms with E-state index in [4.69, 9.17) is 15.9 Å². The van der Waals surface area contributed by atoms with Gasteiger partial charge in [-0.1, -0.05) is 5.92 Å². The summed E-state index contributed by atoms with van der Waals surface area (Å²) in [5.41, 5.74) is -0.538. The van der Waals surface area contributed by atoms with E-state index in [9.17, 15) is 13.6 Å². The Hall–Kier alpha value is -1.74. The van der Waals surface area contributed by atoms with Crippen LogP contribution >= 0.6 is 11.8 Å². The summed E-state index contributed by atoms with van der Waals surface area (Å²) in [6.45, 7) is -0.0251.